The summed E-state index contributed by atoms with van der Waals surface area (Å²) in [5.74, 6) is -0.985. The maximum absolute atomic E-state index is 12.1. The third-order valence-electron chi connectivity index (χ3n) is 3.70. The van der Waals surface area contributed by atoms with Gasteiger partial charge >= 0.3 is 5.97 Å². The van der Waals surface area contributed by atoms with E-state index in [1.165, 1.54) is 18.4 Å². The summed E-state index contributed by atoms with van der Waals surface area (Å²) in [6, 6.07) is 8.79. The summed E-state index contributed by atoms with van der Waals surface area (Å²) in [7, 11) is 1.31. The van der Waals surface area contributed by atoms with Gasteiger partial charge in [-0.15, -0.1) is 11.3 Å². The Morgan fingerprint density at radius 2 is 1.80 bits per heavy atom. The van der Waals surface area contributed by atoms with E-state index in [0.29, 0.717) is 16.1 Å². The van der Waals surface area contributed by atoms with E-state index in [-0.39, 0.29) is 24.8 Å². The van der Waals surface area contributed by atoms with Crippen molar-refractivity contribution in [2.75, 3.05) is 19.0 Å². The minimum absolute atomic E-state index is 0.106. The molecular weight excluding hydrogens is 340 g/mol. The normalized spacial score (nSPS) is 10.2. The molecule has 0 saturated carbocycles. The van der Waals surface area contributed by atoms with Gasteiger partial charge in [0.1, 0.15) is 5.00 Å². The van der Waals surface area contributed by atoms with E-state index in [9.17, 15) is 14.4 Å². The Bertz CT molecular complexity index is 784. The molecule has 0 radical (unpaired) electrons. The number of methoxy groups -OCH3 is 1. The van der Waals surface area contributed by atoms with E-state index < -0.39 is 5.97 Å². The molecule has 1 aromatic carbocycles. The third kappa shape index (κ3) is 4.67. The topological polar surface area (TPSA) is 84.5 Å². The van der Waals surface area contributed by atoms with Gasteiger partial charge in [-0.05, 0) is 31.5 Å². The van der Waals surface area contributed by atoms with Gasteiger partial charge in [0.25, 0.3) is 5.91 Å². The number of esters is 1. The first-order chi connectivity index (χ1) is 11.9. The third-order valence-corrected chi connectivity index (χ3v) is 4.82. The maximum atomic E-state index is 12.1. The summed E-state index contributed by atoms with van der Waals surface area (Å²) in [5, 5.41) is 5.89. The average molecular weight is 360 g/mol. The highest BCUT2D eigenvalue weighted by atomic mass is 32.1. The first kappa shape index (κ1) is 18.7. The number of carbonyl (C=O) groups excluding carboxylic acids is 3. The molecule has 2 aromatic rings. The molecule has 0 aliphatic rings. The van der Waals surface area contributed by atoms with Crippen LogP contribution in [-0.4, -0.2) is 31.4 Å². The van der Waals surface area contributed by atoms with Crippen LogP contribution in [0.3, 0.4) is 0 Å². The van der Waals surface area contributed by atoms with Crippen LogP contribution in [-0.2, 0) is 9.53 Å². The van der Waals surface area contributed by atoms with Gasteiger partial charge in [-0.1, -0.05) is 18.2 Å². The van der Waals surface area contributed by atoms with Gasteiger partial charge < -0.3 is 15.4 Å². The number of nitrogens with one attached hydrogen (secondary N) is 2. The molecule has 0 spiro atoms. The summed E-state index contributed by atoms with van der Waals surface area (Å²) < 4.78 is 4.77. The molecule has 1 heterocycles. The molecule has 2 rings (SSSR count). The Morgan fingerprint density at radius 1 is 1.12 bits per heavy atom. The van der Waals surface area contributed by atoms with E-state index in [4.69, 9.17) is 4.74 Å². The number of hydrogen-bond donors (Lipinski definition) is 2. The van der Waals surface area contributed by atoms with Crippen molar-refractivity contribution < 1.29 is 19.1 Å². The molecule has 0 aliphatic heterocycles. The molecule has 0 fully saturated rings. The van der Waals surface area contributed by atoms with Crippen LogP contribution in [0.15, 0.2) is 30.3 Å². The lowest BCUT2D eigenvalue weighted by Crippen LogP contribution is -2.27. The lowest BCUT2D eigenvalue weighted by atomic mass is 10.1. The number of aryl methyl sites for hydroxylation is 1. The molecule has 0 atom stereocenters. The largest absolute Gasteiger partial charge is 0.465 e. The SMILES string of the molecule is COC(=O)c1c(NC(=O)CCNC(=O)c2ccccc2)sc(C)c1C. The van der Waals surface area contributed by atoms with Crippen LogP contribution in [0.25, 0.3) is 0 Å². The number of anilines is 1. The first-order valence-electron chi connectivity index (χ1n) is 7.75. The monoisotopic (exact) mass is 360 g/mol. The predicted molar refractivity (Wildman–Crippen MR) is 97.2 cm³/mol. The number of benzene rings is 1. The molecule has 7 heteroatoms. The molecule has 132 valence electrons. The van der Waals surface area contributed by atoms with Crippen molar-refractivity contribution in [2.45, 2.75) is 20.3 Å². The molecule has 0 unspecified atom stereocenters. The van der Waals surface area contributed by atoms with Gasteiger partial charge in [-0.2, -0.15) is 0 Å². The fourth-order valence-electron chi connectivity index (χ4n) is 2.23. The van der Waals surface area contributed by atoms with Crippen LogP contribution in [0.2, 0.25) is 0 Å². The summed E-state index contributed by atoms with van der Waals surface area (Å²) in [6.45, 7) is 3.90. The zero-order chi connectivity index (χ0) is 18.4. The van der Waals surface area contributed by atoms with Crippen molar-refractivity contribution in [3.8, 4) is 0 Å². The van der Waals surface area contributed by atoms with E-state index >= 15 is 0 Å². The molecule has 0 saturated heterocycles. The van der Waals surface area contributed by atoms with Gasteiger partial charge in [-0.25, -0.2) is 4.79 Å². The van der Waals surface area contributed by atoms with Crippen LogP contribution < -0.4 is 10.6 Å². The summed E-state index contributed by atoms with van der Waals surface area (Å²) in [6.07, 6.45) is 0.106. The second kappa shape index (κ2) is 8.43. The fraction of sp³-hybridized carbons (Fsp3) is 0.278. The zero-order valence-electron chi connectivity index (χ0n) is 14.3. The molecule has 0 bridgehead atoms. The second-order valence-corrected chi connectivity index (χ2v) is 6.62. The standard InChI is InChI=1S/C18H20N2O4S/c1-11-12(2)25-17(15(11)18(23)24-3)20-14(21)9-10-19-16(22)13-7-5-4-6-8-13/h4-8H,9-10H2,1-3H3,(H,19,22)(H,20,21). The first-order valence-corrected chi connectivity index (χ1v) is 8.57. The van der Waals surface area contributed by atoms with Crippen molar-refractivity contribution in [1.29, 1.82) is 0 Å². The van der Waals surface area contributed by atoms with Gasteiger partial charge in [0.05, 0.1) is 12.7 Å². The molecule has 25 heavy (non-hydrogen) atoms. The lowest BCUT2D eigenvalue weighted by molar-refractivity contribution is -0.116. The Labute approximate surface area is 150 Å². The van der Waals surface area contributed by atoms with Gasteiger partial charge in [0.15, 0.2) is 0 Å². The Balaban J connectivity index is 1.92. The number of rotatable bonds is 6. The van der Waals surface area contributed by atoms with Gasteiger partial charge in [0.2, 0.25) is 5.91 Å². The van der Waals surface area contributed by atoms with Crippen LogP contribution >= 0.6 is 11.3 Å². The summed E-state index contributed by atoms with van der Waals surface area (Å²) in [5.41, 5.74) is 1.72. The average Bonchev–Trinajstić information content (AvgIpc) is 2.88. The lowest BCUT2D eigenvalue weighted by Gasteiger charge is -2.07. The van der Waals surface area contributed by atoms with Crippen LogP contribution in [0.1, 0.15) is 37.6 Å². The predicted octanol–water partition coefficient (Wildman–Crippen LogP) is 2.91. The highest BCUT2D eigenvalue weighted by molar-refractivity contribution is 7.16. The molecule has 0 aliphatic carbocycles. The van der Waals surface area contributed by atoms with E-state index in [2.05, 4.69) is 10.6 Å². The maximum Gasteiger partial charge on any atom is 0.341 e. The van der Waals surface area contributed by atoms with Crippen molar-refractivity contribution in [3.63, 3.8) is 0 Å². The summed E-state index contributed by atoms with van der Waals surface area (Å²) >= 11 is 1.33. The molecule has 1 aromatic heterocycles. The van der Waals surface area contributed by atoms with Crippen LogP contribution in [0.4, 0.5) is 5.00 Å². The van der Waals surface area contributed by atoms with E-state index in [1.807, 2.05) is 19.9 Å². The van der Waals surface area contributed by atoms with Crippen molar-refractivity contribution in [2.24, 2.45) is 0 Å². The molecule has 6 nitrogen and oxygen atoms in total. The van der Waals surface area contributed by atoms with Crippen LogP contribution in [0, 0.1) is 13.8 Å². The number of ether oxygens (including phenoxy) is 1. The quantitative estimate of drug-likeness (QED) is 0.776. The second-order valence-electron chi connectivity index (χ2n) is 5.40. The molecule has 2 amide bonds. The van der Waals surface area contributed by atoms with E-state index in [1.54, 1.807) is 24.3 Å². The van der Waals surface area contributed by atoms with E-state index in [0.717, 1.165) is 10.4 Å². The minimum atomic E-state index is -0.477. The van der Waals surface area contributed by atoms with Crippen molar-refractivity contribution in [3.05, 3.63) is 51.9 Å². The molecule has 2 N–H and O–H groups in total. The Kier molecular flexibility index (Phi) is 6.30. The van der Waals surface area contributed by atoms with Gasteiger partial charge in [-0.3, -0.25) is 9.59 Å². The Hall–Kier alpha value is -2.67. The summed E-state index contributed by atoms with van der Waals surface area (Å²) in [4.78, 5) is 36.8. The molecular formula is C18H20N2O4S. The number of thiophene rings is 1. The van der Waals surface area contributed by atoms with Crippen molar-refractivity contribution >= 4 is 34.1 Å². The number of amides is 2. The Morgan fingerprint density at radius 3 is 2.44 bits per heavy atom. The number of carbonyl (C=O) groups is 3. The highest BCUT2D eigenvalue weighted by Gasteiger charge is 2.21. The highest BCUT2D eigenvalue weighted by Crippen LogP contribution is 2.32. The minimum Gasteiger partial charge on any atom is -0.465 e. The zero-order valence-corrected chi connectivity index (χ0v) is 15.2. The van der Waals surface area contributed by atoms with Crippen LogP contribution in [0.5, 0.6) is 0 Å². The smallest absolute Gasteiger partial charge is 0.341 e. The van der Waals surface area contributed by atoms with Gasteiger partial charge in [0, 0.05) is 23.4 Å². The number of hydrogen-bond acceptors (Lipinski definition) is 5. The van der Waals surface area contributed by atoms with Crippen molar-refractivity contribution in [1.82, 2.24) is 5.32 Å². The fourth-order valence-corrected chi connectivity index (χ4v) is 3.30.